The number of ether oxygens (including phenoxy) is 2. The third kappa shape index (κ3) is 6.94. The number of carbonyl (C=O) groups is 2. The minimum Gasteiger partial charge on any atom is -0.468 e. The van der Waals surface area contributed by atoms with E-state index >= 15 is 0 Å². The highest BCUT2D eigenvalue weighted by Crippen LogP contribution is 2.25. The van der Waals surface area contributed by atoms with Gasteiger partial charge in [0.05, 0.1) is 24.0 Å². The molecule has 3 rings (SSSR count). The normalized spacial score (nSPS) is 13.6. The molecule has 0 saturated heterocycles. The predicted octanol–water partition coefficient (Wildman–Crippen LogP) is 2.50. The summed E-state index contributed by atoms with van der Waals surface area (Å²) in [6, 6.07) is 20.1. The Bertz CT molecular complexity index is 1420. The summed E-state index contributed by atoms with van der Waals surface area (Å²) < 4.78 is 65.9. The van der Waals surface area contributed by atoms with E-state index in [1.54, 1.807) is 60.7 Å². The van der Waals surface area contributed by atoms with Crippen LogP contribution in [0.5, 0.6) is 0 Å². The Morgan fingerprint density at radius 3 is 1.30 bits per heavy atom. The van der Waals surface area contributed by atoms with Crippen molar-refractivity contribution in [3.8, 4) is 0 Å². The summed E-state index contributed by atoms with van der Waals surface area (Å²) in [6.45, 7) is 0. The smallest absolute Gasteiger partial charge is 0.324 e. The average Bonchev–Trinajstić information content (AvgIpc) is 2.98. The fourth-order valence-corrected chi connectivity index (χ4v) is 6.91. The molecule has 0 aliphatic carbocycles. The van der Waals surface area contributed by atoms with Gasteiger partial charge in [0.2, 0.25) is 20.0 Å². The fourth-order valence-electron chi connectivity index (χ4n) is 4.13. The Morgan fingerprint density at radius 1 is 0.625 bits per heavy atom. The number of carbonyl (C=O) groups excluding carboxylic acids is 2. The maximum absolute atomic E-state index is 13.6. The lowest BCUT2D eigenvalue weighted by Gasteiger charge is -2.27. The molecule has 0 aliphatic heterocycles. The van der Waals surface area contributed by atoms with Crippen LogP contribution in [0.2, 0.25) is 0 Å². The lowest BCUT2D eigenvalue weighted by Crippen LogP contribution is -2.45. The van der Waals surface area contributed by atoms with Crippen molar-refractivity contribution in [3.63, 3.8) is 0 Å². The highest BCUT2D eigenvalue weighted by molar-refractivity contribution is 7.90. The van der Waals surface area contributed by atoms with Crippen LogP contribution in [0.3, 0.4) is 0 Å². The number of rotatable bonds is 12. The molecular formula is C28H32N2O8S2. The Kier molecular flexibility index (Phi) is 10.2. The molecular weight excluding hydrogens is 556 g/mol. The summed E-state index contributed by atoms with van der Waals surface area (Å²) in [7, 11) is -3.91. The molecule has 0 fully saturated rings. The standard InChI is InChI=1S/C28H32N2O8S2/c1-29(25(27(31)37-3)18-21-12-7-5-8-13-21)39(33,34)23-16-11-17-24(20-23)40(35,36)30(2)26(28(32)38-4)19-22-14-9-6-10-15-22/h5-17,20,25-26H,18-19H2,1-4H3/t25-,26-/m0/s1. The largest absolute Gasteiger partial charge is 0.468 e. The molecule has 12 heteroatoms. The van der Waals surface area contributed by atoms with Crippen molar-refractivity contribution in [2.24, 2.45) is 0 Å². The summed E-state index contributed by atoms with van der Waals surface area (Å²) in [5.41, 5.74) is 1.43. The van der Waals surface area contributed by atoms with Gasteiger partial charge in [-0.3, -0.25) is 9.59 Å². The molecule has 0 bridgehead atoms. The fraction of sp³-hybridized carbons (Fsp3) is 0.286. The van der Waals surface area contributed by atoms with Crippen LogP contribution in [0.4, 0.5) is 0 Å². The zero-order valence-electron chi connectivity index (χ0n) is 22.6. The van der Waals surface area contributed by atoms with E-state index in [1.807, 2.05) is 0 Å². The molecule has 0 heterocycles. The highest BCUT2D eigenvalue weighted by atomic mass is 32.2. The molecule has 2 atom stereocenters. The van der Waals surface area contributed by atoms with Gasteiger partial charge in [-0.05, 0) is 42.2 Å². The zero-order chi connectivity index (χ0) is 29.5. The topological polar surface area (TPSA) is 127 Å². The van der Waals surface area contributed by atoms with Crippen LogP contribution in [-0.2, 0) is 52.0 Å². The van der Waals surface area contributed by atoms with E-state index in [2.05, 4.69) is 0 Å². The predicted molar refractivity (Wildman–Crippen MR) is 148 cm³/mol. The quantitative estimate of drug-likeness (QED) is 0.296. The minimum atomic E-state index is -4.35. The van der Waals surface area contributed by atoms with Gasteiger partial charge in [0.1, 0.15) is 12.1 Å². The first kappa shape index (κ1) is 31.0. The molecule has 0 N–H and O–H groups in total. The SMILES string of the molecule is COC(=O)[C@H](Cc1ccccc1)N(C)S(=O)(=O)c1cccc(S(=O)(=O)N(C)[C@@H](Cc2ccccc2)C(=O)OC)c1. The van der Waals surface area contributed by atoms with Gasteiger partial charge in [-0.1, -0.05) is 66.7 Å². The zero-order valence-corrected chi connectivity index (χ0v) is 24.3. The number of benzene rings is 3. The molecule has 0 spiro atoms. The van der Waals surface area contributed by atoms with E-state index in [9.17, 15) is 26.4 Å². The second-order valence-electron chi connectivity index (χ2n) is 8.97. The minimum absolute atomic E-state index is 0.0459. The van der Waals surface area contributed by atoms with Gasteiger partial charge in [0, 0.05) is 14.1 Å². The number of hydrogen-bond acceptors (Lipinski definition) is 8. The molecule has 214 valence electrons. The number of likely N-dealkylation sites (N-methyl/N-ethyl adjacent to an activating group) is 2. The van der Waals surface area contributed by atoms with E-state index in [4.69, 9.17) is 9.47 Å². The maximum Gasteiger partial charge on any atom is 0.324 e. The summed E-state index contributed by atoms with van der Waals surface area (Å²) >= 11 is 0. The lowest BCUT2D eigenvalue weighted by molar-refractivity contribution is -0.145. The van der Waals surface area contributed by atoms with Crippen LogP contribution in [0.1, 0.15) is 11.1 Å². The molecule has 0 radical (unpaired) electrons. The van der Waals surface area contributed by atoms with Gasteiger partial charge >= 0.3 is 11.9 Å². The van der Waals surface area contributed by atoms with Crippen LogP contribution in [0.15, 0.2) is 94.7 Å². The van der Waals surface area contributed by atoms with Crippen molar-refractivity contribution < 1.29 is 35.9 Å². The second kappa shape index (κ2) is 13.2. The summed E-state index contributed by atoms with van der Waals surface area (Å²) in [4.78, 5) is 24.5. The number of nitrogens with zero attached hydrogens (tertiary/aromatic N) is 2. The summed E-state index contributed by atoms with van der Waals surface area (Å²) in [6.07, 6.45) is 0.0918. The molecule has 0 aliphatic rings. The third-order valence-corrected chi connectivity index (χ3v) is 10.3. The molecule has 10 nitrogen and oxygen atoms in total. The average molecular weight is 589 g/mol. The van der Waals surface area contributed by atoms with Gasteiger partial charge in [0.25, 0.3) is 0 Å². The van der Waals surface area contributed by atoms with Crippen LogP contribution >= 0.6 is 0 Å². The molecule has 3 aromatic rings. The van der Waals surface area contributed by atoms with Gasteiger partial charge in [-0.2, -0.15) is 8.61 Å². The number of esters is 2. The lowest BCUT2D eigenvalue weighted by atomic mass is 10.1. The van der Waals surface area contributed by atoms with Crippen molar-refractivity contribution in [1.82, 2.24) is 8.61 Å². The molecule has 40 heavy (non-hydrogen) atoms. The van der Waals surface area contributed by atoms with E-state index < -0.39 is 44.1 Å². The first-order valence-corrected chi connectivity index (χ1v) is 15.1. The van der Waals surface area contributed by atoms with Gasteiger partial charge in [-0.25, -0.2) is 16.8 Å². The number of sulfonamides is 2. The van der Waals surface area contributed by atoms with E-state index in [0.717, 1.165) is 28.9 Å². The first-order valence-electron chi connectivity index (χ1n) is 12.2. The van der Waals surface area contributed by atoms with Crippen molar-refractivity contribution in [3.05, 3.63) is 96.1 Å². The molecule has 0 aromatic heterocycles. The van der Waals surface area contributed by atoms with Crippen molar-refractivity contribution >= 4 is 32.0 Å². The molecule has 0 amide bonds. The van der Waals surface area contributed by atoms with Gasteiger partial charge in [0.15, 0.2) is 0 Å². The van der Waals surface area contributed by atoms with Crippen LogP contribution in [-0.4, -0.2) is 77.8 Å². The maximum atomic E-state index is 13.6. The Morgan fingerprint density at radius 2 is 0.975 bits per heavy atom. The number of hydrogen-bond donors (Lipinski definition) is 0. The molecule has 3 aromatic carbocycles. The number of methoxy groups -OCH3 is 2. The van der Waals surface area contributed by atoms with Crippen molar-refractivity contribution in [2.75, 3.05) is 28.3 Å². The van der Waals surface area contributed by atoms with Crippen LogP contribution in [0.25, 0.3) is 0 Å². The van der Waals surface area contributed by atoms with E-state index in [1.165, 1.54) is 32.3 Å². The van der Waals surface area contributed by atoms with Crippen LogP contribution in [0, 0.1) is 0 Å². The Balaban J connectivity index is 1.96. The first-order chi connectivity index (χ1) is 18.9. The van der Waals surface area contributed by atoms with Gasteiger partial charge in [-0.15, -0.1) is 0 Å². The van der Waals surface area contributed by atoms with E-state index in [-0.39, 0.29) is 22.6 Å². The van der Waals surface area contributed by atoms with Gasteiger partial charge < -0.3 is 9.47 Å². The van der Waals surface area contributed by atoms with E-state index in [0.29, 0.717) is 11.1 Å². The third-order valence-electron chi connectivity index (χ3n) is 6.53. The Labute approximate surface area is 235 Å². The Hall–Kier alpha value is -3.58. The second-order valence-corrected chi connectivity index (χ2v) is 13.0. The summed E-state index contributed by atoms with van der Waals surface area (Å²) in [5.74, 6) is -1.53. The summed E-state index contributed by atoms with van der Waals surface area (Å²) in [5, 5.41) is 0. The highest BCUT2D eigenvalue weighted by Gasteiger charge is 2.37. The monoisotopic (exact) mass is 588 g/mol. The van der Waals surface area contributed by atoms with Crippen molar-refractivity contribution in [1.29, 1.82) is 0 Å². The van der Waals surface area contributed by atoms with Crippen LogP contribution < -0.4 is 0 Å². The van der Waals surface area contributed by atoms with Crippen molar-refractivity contribution in [2.45, 2.75) is 34.7 Å². The molecule has 0 saturated carbocycles. The molecule has 0 unspecified atom stereocenters.